The van der Waals surface area contributed by atoms with E-state index in [4.69, 9.17) is 14.2 Å². The molecule has 2 aliphatic carbocycles. The van der Waals surface area contributed by atoms with Crippen LogP contribution in [0.25, 0.3) is 0 Å². The fourth-order valence-electron chi connectivity index (χ4n) is 5.52. The predicted molar refractivity (Wildman–Crippen MR) is 114 cm³/mol. The number of hydrogen-bond donors (Lipinski definition) is 0. The highest BCUT2D eigenvalue weighted by Crippen LogP contribution is 2.62. The molecule has 1 saturated heterocycles. The Hall–Kier alpha value is -1.67. The first kappa shape index (κ1) is 22.5. The van der Waals surface area contributed by atoms with E-state index in [1.54, 1.807) is 20.0 Å². The van der Waals surface area contributed by atoms with Gasteiger partial charge in [-0.1, -0.05) is 13.0 Å². The first-order valence-electron chi connectivity index (χ1n) is 10.8. The highest BCUT2D eigenvalue weighted by atomic mass is 32.2. The number of carbonyl (C=O) groups excluding carboxylic acids is 2. The highest BCUT2D eigenvalue weighted by Gasteiger charge is 2.73. The molecule has 31 heavy (non-hydrogen) atoms. The van der Waals surface area contributed by atoms with Crippen LogP contribution in [0.5, 0.6) is 0 Å². The minimum absolute atomic E-state index is 0.0859. The monoisotopic (exact) mass is 451 g/mol. The van der Waals surface area contributed by atoms with E-state index in [9.17, 15) is 9.59 Å². The van der Waals surface area contributed by atoms with Gasteiger partial charge in [0.1, 0.15) is 23.3 Å². The number of alkyl halides is 1. The van der Waals surface area contributed by atoms with Crippen LogP contribution in [-0.2, 0) is 30.4 Å². The average Bonchev–Trinajstić information content (AvgIpc) is 3.21. The van der Waals surface area contributed by atoms with Crippen LogP contribution in [0.3, 0.4) is 0 Å². The van der Waals surface area contributed by atoms with Crippen molar-refractivity contribution in [2.75, 3.05) is 12.9 Å². The summed E-state index contributed by atoms with van der Waals surface area (Å²) >= 11 is 1.32. The summed E-state index contributed by atoms with van der Waals surface area (Å²) < 4.78 is 33.0. The summed E-state index contributed by atoms with van der Waals surface area (Å²) in [6, 6.07) is 3.88. The molecule has 2 saturated carbocycles. The summed E-state index contributed by atoms with van der Waals surface area (Å²) in [5.41, 5.74) is -0.567. The van der Waals surface area contributed by atoms with Crippen LogP contribution >= 0.6 is 11.8 Å². The average molecular weight is 452 g/mol. The van der Waals surface area contributed by atoms with Crippen molar-refractivity contribution < 1.29 is 28.2 Å². The Kier molecular flexibility index (Phi) is 6.07. The molecule has 0 N–H and O–H groups in total. The van der Waals surface area contributed by atoms with Crippen LogP contribution in [0.2, 0.25) is 0 Å². The van der Waals surface area contributed by atoms with Gasteiger partial charge in [0.25, 0.3) is 0 Å². The Morgan fingerprint density at radius 2 is 2.19 bits per heavy atom. The van der Waals surface area contributed by atoms with Crippen LogP contribution in [-0.4, -0.2) is 52.4 Å². The fraction of sp³-hybridized carbons (Fsp3) is 0.696. The Morgan fingerprint density at radius 3 is 2.87 bits per heavy atom. The van der Waals surface area contributed by atoms with E-state index in [-0.39, 0.29) is 24.0 Å². The molecular formula is C23H30FNO5S. The van der Waals surface area contributed by atoms with Crippen molar-refractivity contribution >= 4 is 23.7 Å². The van der Waals surface area contributed by atoms with Gasteiger partial charge in [-0.2, -0.15) is 11.8 Å². The number of nitrogens with zero attached hydrogens (tertiary/aromatic N) is 1. The molecule has 8 heteroatoms. The van der Waals surface area contributed by atoms with Crippen LogP contribution < -0.4 is 0 Å². The zero-order valence-electron chi connectivity index (χ0n) is 18.4. The first-order valence-corrected chi connectivity index (χ1v) is 11.9. The largest absolute Gasteiger partial charge is 0.469 e. The molecule has 1 aromatic rings. The van der Waals surface area contributed by atoms with Crippen molar-refractivity contribution in [3.05, 3.63) is 29.6 Å². The number of methoxy groups -OCH3 is 1. The molecular weight excluding hydrogens is 421 g/mol. The predicted octanol–water partition coefficient (Wildman–Crippen LogP) is 3.64. The van der Waals surface area contributed by atoms with E-state index in [2.05, 4.69) is 4.98 Å². The van der Waals surface area contributed by atoms with E-state index in [0.717, 1.165) is 17.7 Å². The standard InChI is InChI=1S/C23H30FNO5S/c1-13(20(26)28-4)12-31-19-18-21(27)30-17-8-7-16(9-22(19,3)24)23(17,18)29-11-15-6-5-14(2)25-10-15/h5-6,10,13,16-19H,7-9,11-12H2,1-4H3/t13-,16?,17+,18?,19-,22-,23+/m0/s1. The van der Waals surface area contributed by atoms with Crippen molar-refractivity contribution in [1.29, 1.82) is 0 Å². The number of aromatic nitrogens is 1. The van der Waals surface area contributed by atoms with Crippen molar-refractivity contribution in [3.63, 3.8) is 0 Å². The molecule has 3 aliphatic rings. The maximum absolute atomic E-state index is 15.9. The Bertz CT molecular complexity index is 847. The summed E-state index contributed by atoms with van der Waals surface area (Å²) in [6.45, 7) is 5.54. The lowest BCUT2D eigenvalue weighted by Gasteiger charge is -2.50. The van der Waals surface area contributed by atoms with Crippen LogP contribution in [0.15, 0.2) is 18.3 Å². The van der Waals surface area contributed by atoms with Gasteiger partial charge in [0.2, 0.25) is 0 Å². The third-order valence-corrected chi connectivity index (χ3v) is 8.86. The molecule has 1 aliphatic heterocycles. The van der Waals surface area contributed by atoms with Gasteiger partial charge in [-0.15, -0.1) is 0 Å². The van der Waals surface area contributed by atoms with Gasteiger partial charge in [0, 0.05) is 17.6 Å². The zero-order chi connectivity index (χ0) is 22.4. The van der Waals surface area contributed by atoms with Crippen molar-refractivity contribution in [2.24, 2.45) is 17.8 Å². The zero-order valence-corrected chi connectivity index (χ0v) is 19.2. The third kappa shape index (κ3) is 3.86. The number of hydrogen-bond acceptors (Lipinski definition) is 7. The summed E-state index contributed by atoms with van der Waals surface area (Å²) in [4.78, 5) is 29.2. The first-order chi connectivity index (χ1) is 14.7. The van der Waals surface area contributed by atoms with Crippen LogP contribution in [0, 0.1) is 24.7 Å². The number of ether oxygens (including phenoxy) is 3. The normalized spacial score (nSPS) is 37.3. The number of esters is 2. The number of carbonyl (C=O) groups is 2. The van der Waals surface area contributed by atoms with Gasteiger partial charge in [-0.3, -0.25) is 14.6 Å². The summed E-state index contributed by atoms with van der Waals surface area (Å²) in [5.74, 6) is -1.54. The molecule has 6 nitrogen and oxygen atoms in total. The second kappa shape index (κ2) is 8.35. The van der Waals surface area contributed by atoms with E-state index < -0.39 is 28.4 Å². The second-order valence-corrected chi connectivity index (χ2v) is 10.5. The molecule has 0 radical (unpaired) electrons. The quantitative estimate of drug-likeness (QED) is 0.586. The van der Waals surface area contributed by atoms with E-state index in [0.29, 0.717) is 25.2 Å². The van der Waals surface area contributed by atoms with Gasteiger partial charge in [0.15, 0.2) is 0 Å². The summed E-state index contributed by atoms with van der Waals surface area (Å²) in [6.07, 6.45) is 3.19. The molecule has 0 aromatic carbocycles. The smallest absolute Gasteiger partial charge is 0.313 e. The molecule has 1 aromatic heterocycles. The SMILES string of the molecule is COC(=O)[C@@H](C)CS[C@H]1C2C(=O)O[C@@H]3CCC(C[C@]1(C)F)[C@]23OCc1ccc(C)nc1. The molecule has 2 unspecified atom stereocenters. The minimum atomic E-state index is -1.56. The molecule has 0 amide bonds. The maximum Gasteiger partial charge on any atom is 0.313 e. The van der Waals surface area contributed by atoms with Crippen molar-refractivity contribution in [1.82, 2.24) is 4.98 Å². The van der Waals surface area contributed by atoms with Gasteiger partial charge in [0.05, 0.1) is 24.9 Å². The second-order valence-electron chi connectivity index (χ2n) is 9.29. The summed E-state index contributed by atoms with van der Waals surface area (Å²) in [7, 11) is 1.34. The molecule has 170 valence electrons. The lowest BCUT2D eigenvalue weighted by Crippen LogP contribution is -2.61. The third-order valence-electron chi connectivity index (χ3n) is 7.05. The number of thioether (sulfide) groups is 1. The Balaban J connectivity index is 1.61. The fourth-order valence-corrected chi connectivity index (χ4v) is 7.11. The molecule has 3 fully saturated rings. The number of pyridine rings is 1. The van der Waals surface area contributed by atoms with Crippen LogP contribution in [0.1, 0.15) is 44.4 Å². The molecule has 0 spiro atoms. The van der Waals surface area contributed by atoms with Crippen molar-refractivity contribution in [2.45, 2.75) is 69.3 Å². The highest BCUT2D eigenvalue weighted by molar-refractivity contribution is 8.00. The number of aryl methyl sites for hydroxylation is 1. The van der Waals surface area contributed by atoms with Gasteiger partial charge in [-0.05, 0) is 50.7 Å². The lowest BCUT2D eigenvalue weighted by molar-refractivity contribution is -0.161. The van der Waals surface area contributed by atoms with Crippen LogP contribution in [0.4, 0.5) is 4.39 Å². The van der Waals surface area contributed by atoms with Crippen molar-refractivity contribution in [3.8, 4) is 0 Å². The maximum atomic E-state index is 15.9. The number of rotatable bonds is 7. The number of halogens is 1. The van der Waals surface area contributed by atoms with E-state index in [1.165, 1.54) is 18.9 Å². The Labute approximate surface area is 186 Å². The molecule has 2 heterocycles. The minimum Gasteiger partial charge on any atom is -0.469 e. The summed E-state index contributed by atoms with van der Waals surface area (Å²) in [5, 5.41) is -0.650. The van der Waals surface area contributed by atoms with Gasteiger partial charge >= 0.3 is 11.9 Å². The molecule has 0 bridgehead atoms. The van der Waals surface area contributed by atoms with Gasteiger partial charge in [-0.25, -0.2) is 4.39 Å². The molecule has 4 rings (SSSR count). The van der Waals surface area contributed by atoms with E-state index >= 15 is 4.39 Å². The molecule has 7 atom stereocenters. The lowest BCUT2D eigenvalue weighted by atomic mass is 9.65. The van der Waals surface area contributed by atoms with Gasteiger partial charge < -0.3 is 14.2 Å². The van der Waals surface area contributed by atoms with E-state index in [1.807, 2.05) is 19.1 Å². The Morgan fingerprint density at radius 1 is 1.42 bits per heavy atom. The topological polar surface area (TPSA) is 74.7 Å².